The Kier molecular flexibility index (Phi) is 5.62. The summed E-state index contributed by atoms with van der Waals surface area (Å²) < 4.78 is 0. The predicted molar refractivity (Wildman–Crippen MR) is 92.0 cm³/mol. The smallest absolute Gasteiger partial charge is 0.262 e. The van der Waals surface area contributed by atoms with Crippen LogP contribution in [0.5, 0.6) is 0 Å². The number of nitrogens with zero attached hydrogens (tertiary/aromatic N) is 2. The van der Waals surface area contributed by atoms with E-state index in [-0.39, 0.29) is 30.9 Å². The largest absolute Gasteiger partial charge is 0.337 e. The molecule has 2 aliphatic heterocycles. The molecule has 0 bridgehead atoms. The van der Waals surface area contributed by atoms with Gasteiger partial charge in [-0.1, -0.05) is 19.1 Å². The van der Waals surface area contributed by atoms with Crippen LogP contribution in [0.2, 0.25) is 0 Å². The first kappa shape index (κ1) is 18.4. The molecule has 6 nitrogen and oxygen atoms in total. The third kappa shape index (κ3) is 3.16. The minimum atomic E-state index is -0.395. The molecule has 7 heteroatoms. The maximum absolute atomic E-state index is 12.6. The zero-order valence-corrected chi connectivity index (χ0v) is 14.4. The van der Waals surface area contributed by atoms with Crippen LogP contribution >= 0.6 is 12.4 Å². The van der Waals surface area contributed by atoms with Crippen LogP contribution in [-0.2, 0) is 4.79 Å². The summed E-state index contributed by atoms with van der Waals surface area (Å²) in [5.74, 6) is -0.462. The van der Waals surface area contributed by atoms with E-state index in [0.717, 1.165) is 17.7 Å². The number of carbonyl (C=O) groups is 3. The summed E-state index contributed by atoms with van der Waals surface area (Å²) in [6.07, 6.45) is 1.79. The van der Waals surface area contributed by atoms with Gasteiger partial charge in [0, 0.05) is 19.1 Å². The summed E-state index contributed by atoms with van der Waals surface area (Å²) in [6, 6.07) is 6.65. The Hall–Kier alpha value is -1.92. The fraction of sp³-hybridized carbons (Fsp3) is 0.471. The SMILES string of the molecule is CC1CCN(C(=O)CN2C(=O)c3ccccc3C2=O)C(CN)C1.Cl. The second-order valence-electron chi connectivity index (χ2n) is 6.35. The number of amides is 3. The molecule has 0 saturated carbocycles. The van der Waals surface area contributed by atoms with Gasteiger partial charge in [-0.25, -0.2) is 0 Å². The predicted octanol–water partition coefficient (Wildman–Crippen LogP) is 1.29. The summed E-state index contributed by atoms with van der Waals surface area (Å²) in [4.78, 5) is 40.0. The van der Waals surface area contributed by atoms with Gasteiger partial charge < -0.3 is 10.6 Å². The molecule has 24 heavy (non-hydrogen) atoms. The van der Waals surface area contributed by atoms with E-state index in [0.29, 0.717) is 30.1 Å². The van der Waals surface area contributed by atoms with Gasteiger partial charge in [-0.05, 0) is 30.9 Å². The minimum Gasteiger partial charge on any atom is -0.337 e. The summed E-state index contributed by atoms with van der Waals surface area (Å²) in [7, 11) is 0. The van der Waals surface area contributed by atoms with Crippen LogP contribution in [0, 0.1) is 5.92 Å². The van der Waals surface area contributed by atoms with Crippen molar-refractivity contribution in [2.75, 3.05) is 19.6 Å². The van der Waals surface area contributed by atoms with E-state index < -0.39 is 11.8 Å². The Morgan fingerprint density at radius 2 is 1.79 bits per heavy atom. The molecule has 130 valence electrons. The Bertz CT molecular complexity index is 629. The lowest BCUT2D eigenvalue weighted by Gasteiger charge is -2.38. The van der Waals surface area contributed by atoms with Crippen molar-refractivity contribution in [2.24, 2.45) is 11.7 Å². The topological polar surface area (TPSA) is 83.7 Å². The van der Waals surface area contributed by atoms with E-state index >= 15 is 0 Å². The van der Waals surface area contributed by atoms with Crippen molar-refractivity contribution in [3.8, 4) is 0 Å². The molecular formula is C17H22ClN3O3. The highest BCUT2D eigenvalue weighted by molar-refractivity contribution is 6.22. The molecule has 2 atom stereocenters. The van der Waals surface area contributed by atoms with Crippen LogP contribution in [0.1, 0.15) is 40.5 Å². The third-order valence-corrected chi connectivity index (χ3v) is 4.74. The molecule has 1 aromatic rings. The highest BCUT2D eigenvalue weighted by Gasteiger charge is 2.38. The molecule has 2 aliphatic rings. The molecule has 0 spiro atoms. The van der Waals surface area contributed by atoms with Crippen molar-refractivity contribution in [1.82, 2.24) is 9.80 Å². The van der Waals surface area contributed by atoms with E-state index in [1.165, 1.54) is 0 Å². The monoisotopic (exact) mass is 351 g/mol. The number of hydrogen-bond acceptors (Lipinski definition) is 4. The standard InChI is InChI=1S/C17H21N3O3.ClH/c1-11-6-7-19(12(8-11)9-18)15(21)10-20-16(22)13-4-2-3-5-14(13)17(20)23;/h2-5,11-12H,6-10,18H2,1H3;1H. The van der Waals surface area contributed by atoms with Gasteiger partial charge in [0.05, 0.1) is 11.1 Å². The molecule has 1 aromatic carbocycles. The van der Waals surface area contributed by atoms with Gasteiger partial charge in [-0.2, -0.15) is 0 Å². The van der Waals surface area contributed by atoms with E-state index in [1.807, 2.05) is 0 Å². The molecule has 3 rings (SSSR count). The number of likely N-dealkylation sites (tertiary alicyclic amines) is 1. The lowest BCUT2D eigenvalue weighted by atomic mass is 9.92. The average molecular weight is 352 g/mol. The molecule has 0 aromatic heterocycles. The van der Waals surface area contributed by atoms with Crippen molar-refractivity contribution in [1.29, 1.82) is 0 Å². The van der Waals surface area contributed by atoms with E-state index in [9.17, 15) is 14.4 Å². The van der Waals surface area contributed by atoms with Gasteiger partial charge in [0.1, 0.15) is 6.54 Å². The number of piperidine rings is 1. The minimum absolute atomic E-state index is 0. The van der Waals surface area contributed by atoms with Crippen molar-refractivity contribution < 1.29 is 14.4 Å². The van der Waals surface area contributed by atoms with Gasteiger partial charge >= 0.3 is 0 Å². The summed E-state index contributed by atoms with van der Waals surface area (Å²) in [6.45, 7) is 2.97. The Labute approximate surface area is 147 Å². The number of rotatable bonds is 3. The van der Waals surface area contributed by atoms with Gasteiger partial charge in [-0.3, -0.25) is 19.3 Å². The Morgan fingerprint density at radius 1 is 1.21 bits per heavy atom. The van der Waals surface area contributed by atoms with Crippen LogP contribution in [0.25, 0.3) is 0 Å². The number of benzene rings is 1. The van der Waals surface area contributed by atoms with Crippen LogP contribution < -0.4 is 5.73 Å². The number of carbonyl (C=O) groups excluding carboxylic acids is 3. The summed E-state index contributed by atoms with van der Waals surface area (Å²) in [5.41, 5.74) is 6.52. The maximum Gasteiger partial charge on any atom is 0.262 e. The molecule has 1 fully saturated rings. The zero-order valence-electron chi connectivity index (χ0n) is 13.6. The molecule has 2 heterocycles. The lowest BCUT2D eigenvalue weighted by molar-refractivity contribution is -0.135. The fourth-order valence-corrected chi connectivity index (χ4v) is 3.41. The number of imide groups is 1. The highest BCUT2D eigenvalue weighted by Crippen LogP contribution is 2.25. The van der Waals surface area contributed by atoms with Crippen LogP contribution in [0.3, 0.4) is 0 Å². The van der Waals surface area contributed by atoms with Crippen LogP contribution in [0.4, 0.5) is 0 Å². The quantitative estimate of drug-likeness (QED) is 0.832. The van der Waals surface area contributed by atoms with Gasteiger partial charge in [0.15, 0.2) is 0 Å². The zero-order chi connectivity index (χ0) is 16.6. The van der Waals surface area contributed by atoms with Crippen LogP contribution in [-0.4, -0.2) is 53.2 Å². The molecule has 2 unspecified atom stereocenters. The molecule has 2 N–H and O–H groups in total. The average Bonchev–Trinajstić information content (AvgIpc) is 2.80. The number of hydrogen-bond donors (Lipinski definition) is 1. The molecule has 3 amide bonds. The first-order valence-corrected chi connectivity index (χ1v) is 7.97. The van der Waals surface area contributed by atoms with Crippen LogP contribution in [0.15, 0.2) is 24.3 Å². The molecule has 0 aliphatic carbocycles. The third-order valence-electron chi connectivity index (χ3n) is 4.74. The van der Waals surface area contributed by atoms with Crippen molar-refractivity contribution >= 4 is 30.1 Å². The van der Waals surface area contributed by atoms with Gasteiger partial charge in [0.2, 0.25) is 5.91 Å². The molecular weight excluding hydrogens is 330 g/mol. The van der Waals surface area contributed by atoms with Crippen molar-refractivity contribution in [2.45, 2.75) is 25.8 Å². The first-order chi connectivity index (χ1) is 11.0. The summed E-state index contributed by atoms with van der Waals surface area (Å²) in [5, 5.41) is 0. The summed E-state index contributed by atoms with van der Waals surface area (Å²) >= 11 is 0. The Morgan fingerprint density at radius 3 is 2.33 bits per heavy atom. The maximum atomic E-state index is 12.6. The molecule has 1 saturated heterocycles. The molecule has 0 radical (unpaired) electrons. The van der Waals surface area contributed by atoms with Gasteiger partial charge in [-0.15, -0.1) is 12.4 Å². The van der Waals surface area contributed by atoms with Crippen molar-refractivity contribution in [3.63, 3.8) is 0 Å². The fourth-order valence-electron chi connectivity index (χ4n) is 3.41. The number of nitrogens with two attached hydrogens (primary N) is 1. The second-order valence-corrected chi connectivity index (χ2v) is 6.35. The number of halogens is 1. The van der Waals surface area contributed by atoms with E-state index in [4.69, 9.17) is 5.73 Å². The number of fused-ring (bicyclic) bond motifs is 1. The van der Waals surface area contributed by atoms with E-state index in [1.54, 1.807) is 29.2 Å². The first-order valence-electron chi connectivity index (χ1n) is 7.97. The van der Waals surface area contributed by atoms with Crippen molar-refractivity contribution in [3.05, 3.63) is 35.4 Å². The normalized spacial score (nSPS) is 23.1. The highest BCUT2D eigenvalue weighted by atomic mass is 35.5. The second kappa shape index (κ2) is 7.32. The Balaban J connectivity index is 0.00000208. The lowest BCUT2D eigenvalue weighted by Crippen LogP contribution is -2.52. The van der Waals surface area contributed by atoms with Gasteiger partial charge in [0.25, 0.3) is 11.8 Å². The van der Waals surface area contributed by atoms with E-state index in [2.05, 4.69) is 6.92 Å².